The number of aromatic nitrogens is 2. The smallest absolute Gasteiger partial charge is 0.172 e. The number of aryl methyl sites for hydroxylation is 1. The van der Waals surface area contributed by atoms with Crippen LogP contribution in [0.25, 0.3) is 0 Å². The number of amidine groups is 1. The van der Waals surface area contributed by atoms with Gasteiger partial charge in [0.2, 0.25) is 0 Å². The SMILES string of the molecule is C=C(CC)Nc1ccc(SC2=NC(N3CCC(N4CCCC4(C)C)CC3)=CC(Nc3cc(C)[nH]n3)N2C)cc1. The van der Waals surface area contributed by atoms with Crippen molar-refractivity contribution in [1.82, 2.24) is 24.9 Å². The second-order valence-electron chi connectivity index (χ2n) is 11.6. The van der Waals surface area contributed by atoms with E-state index in [0.29, 0.717) is 11.6 Å². The van der Waals surface area contributed by atoms with Crippen LogP contribution in [0.3, 0.4) is 0 Å². The Labute approximate surface area is 238 Å². The van der Waals surface area contributed by atoms with Crippen molar-refractivity contribution in [2.45, 2.75) is 82.4 Å². The Balaban J connectivity index is 1.32. The normalized spacial score (nSPS) is 22.0. The first kappa shape index (κ1) is 27.6. The summed E-state index contributed by atoms with van der Waals surface area (Å²) in [4.78, 5) is 13.8. The van der Waals surface area contributed by atoms with E-state index in [1.165, 1.54) is 32.2 Å². The molecule has 2 fully saturated rings. The third kappa shape index (κ3) is 6.47. The van der Waals surface area contributed by atoms with E-state index in [0.717, 1.165) is 58.3 Å². The first-order valence-electron chi connectivity index (χ1n) is 14.3. The number of anilines is 2. The highest BCUT2D eigenvalue weighted by Gasteiger charge is 2.38. The molecule has 3 aliphatic heterocycles. The summed E-state index contributed by atoms with van der Waals surface area (Å²) < 4.78 is 0. The molecule has 0 bridgehead atoms. The first-order valence-corrected chi connectivity index (χ1v) is 15.1. The predicted molar refractivity (Wildman–Crippen MR) is 164 cm³/mol. The molecule has 0 saturated carbocycles. The van der Waals surface area contributed by atoms with Gasteiger partial charge in [-0.3, -0.25) is 10.00 Å². The molecule has 2 aromatic rings. The van der Waals surface area contributed by atoms with Crippen molar-refractivity contribution in [2.75, 3.05) is 37.3 Å². The van der Waals surface area contributed by atoms with Gasteiger partial charge in [-0.25, -0.2) is 4.99 Å². The zero-order valence-electron chi connectivity index (χ0n) is 24.1. The molecule has 1 atom stereocenters. The molecule has 2 saturated heterocycles. The highest BCUT2D eigenvalue weighted by Crippen LogP contribution is 2.35. The molecule has 1 aromatic carbocycles. The third-order valence-electron chi connectivity index (χ3n) is 8.24. The summed E-state index contributed by atoms with van der Waals surface area (Å²) in [6, 6.07) is 11.2. The van der Waals surface area contributed by atoms with Crippen molar-refractivity contribution in [3.63, 3.8) is 0 Å². The Bertz CT molecular complexity index is 1210. The molecule has 0 radical (unpaired) electrons. The fourth-order valence-electron chi connectivity index (χ4n) is 5.85. The second kappa shape index (κ2) is 11.7. The number of nitrogens with zero attached hydrogens (tertiary/aromatic N) is 5. The second-order valence-corrected chi connectivity index (χ2v) is 12.6. The molecule has 0 spiro atoms. The summed E-state index contributed by atoms with van der Waals surface area (Å²) in [5.41, 5.74) is 3.44. The summed E-state index contributed by atoms with van der Waals surface area (Å²) in [5.74, 6) is 1.89. The standard InChI is InChI=1S/C30H44N8S/c1-7-21(2)31-23-9-11-25(12-10-23)39-29-33-28(20-27(36(29)6)32-26-19-22(3)34-35-26)37-17-13-24(14-18-37)38-16-8-15-30(38,4)5/h9-12,19-20,24,27,31H,2,7-8,13-18H2,1,3-6H3,(H2,32,34,35). The lowest BCUT2D eigenvalue weighted by Crippen LogP contribution is -2.51. The van der Waals surface area contributed by atoms with Gasteiger partial charge in [0.05, 0.1) is 0 Å². The van der Waals surface area contributed by atoms with Crippen LogP contribution in [0, 0.1) is 6.92 Å². The number of hydrogen-bond donors (Lipinski definition) is 3. The summed E-state index contributed by atoms with van der Waals surface area (Å²) in [6.45, 7) is 16.3. The van der Waals surface area contributed by atoms with E-state index in [1.54, 1.807) is 11.8 Å². The van der Waals surface area contributed by atoms with E-state index in [1.807, 2.05) is 13.0 Å². The highest BCUT2D eigenvalue weighted by atomic mass is 32.2. The molecule has 1 aromatic heterocycles. The van der Waals surface area contributed by atoms with E-state index in [9.17, 15) is 0 Å². The number of H-pyrrole nitrogens is 1. The zero-order valence-corrected chi connectivity index (χ0v) is 24.9. The Hall–Kier alpha value is -2.91. The maximum atomic E-state index is 5.20. The highest BCUT2D eigenvalue weighted by molar-refractivity contribution is 8.13. The molecule has 0 amide bonds. The topological polar surface area (TPSA) is 74.8 Å². The molecule has 9 heteroatoms. The minimum Gasteiger partial charge on any atom is -0.359 e. The van der Waals surface area contributed by atoms with Gasteiger partial charge < -0.3 is 20.4 Å². The molecule has 39 heavy (non-hydrogen) atoms. The van der Waals surface area contributed by atoms with Crippen LogP contribution in [-0.2, 0) is 0 Å². The lowest BCUT2D eigenvalue weighted by molar-refractivity contribution is 0.0710. The molecule has 3 aliphatic rings. The van der Waals surface area contributed by atoms with Gasteiger partial charge in [0.25, 0.3) is 0 Å². The van der Waals surface area contributed by atoms with Crippen LogP contribution in [0.4, 0.5) is 11.5 Å². The quantitative estimate of drug-likeness (QED) is 0.370. The van der Waals surface area contributed by atoms with Gasteiger partial charge >= 0.3 is 0 Å². The van der Waals surface area contributed by atoms with Crippen molar-refractivity contribution in [3.8, 4) is 0 Å². The fourth-order valence-corrected chi connectivity index (χ4v) is 6.73. The van der Waals surface area contributed by atoms with E-state index in [2.05, 4.69) is 100 Å². The van der Waals surface area contributed by atoms with Crippen LogP contribution in [0.1, 0.15) is 58.6 Å². The van der Waals surface area contributed by atoms with Gasteiger partial charge in [-0.2, -0.15) is 5.10 Å². The first-order chi connectivity index (χ1) is 18.7. The molecule has 4 heterocycles. The molecule has 3 N–H and O–H groups in total. The molecule has 210 valence electrons. The Morgan fingerprint density at radius 3 is 2.54 bits per heavy atom. The molecule has 0 aliphatic carbocycles. The molecule has 5 rings (SSSR count). The number of likely N-dealkylation sites (tertiary alicyclic amines) is 2. The number of piperidine rings is 1. The maximum Gasteiger partial charge on any atom is 0.172 e. The number of allylic oxidation sites excluding steroid dienone is 1. The van der Waals surface area contributed by atoms with Crippen LogP contribution in [-0.4, -0.2) is 74.5 Å². The van der Waals surface area contributed by atoms with Crippen LogP contribution in [0.5, 0.6) is 0 Å². The van der Waals surface area contributed by atoms with Crippen LogP contribution >= 0.6 is 11.8 Å². The van der Waals surface area contributed by atoms with Crippen molar-refractivity contribution in [1.29, 1.82) is 0 Å². The molecular weight excluding hydrogens is 504 g/mol. The summed E-state index contributed by atoms with van der Waals surface area (Å²) >= 11 is 1.70. The van der Waals surface area contributed by atoms with Crippen molar-refractivity contribution >= 4 is 28.4 Å². The van der Waals surface area contributed by atoms with Crippen LogP contribution in [0.15, 0.2) is 64.4 Å². The largest absolute Gasteiger partial charge is 0.359 e. The maximum absolute atomic E-state index is 5.20. The molecule has 1 unspecified atom stereocenters. The average Bonchev–Trinajstić information content (AvgIpc) is 3.50. The fraction of sp³-hybridized carbons (Fsp3) is 0.533. The van der Waals surface area contributed by atoms with Crippen molar-refractivity contribution in [3.05, 3.63) is 60.2 Å². The van der Waals surface area contributed by atoms with Gasteiger partial charge in [0.15, 0.2) is 5.17 Å². The van der Waals surface area contributed by atoms with Gasteiger partial charge in [0.1, 0.15) is 17.8 Å². The number of aliphatic imine (C=N–C) groups is 1. The number of rotatable bonds is 8. The minimum atomic E-state index is -0.0493. The summed E-state index contributed by atoms with van der Waals surface area (Å²) in [6.07, 6.45) is 8.10. The van der Waals surface area contributed by atoms with E-state index in [-0.39, 0.29) is 6.17 Å². The molecule has 8 nitrogen and oxygen atoms in total. The number of thioether (sulfide) groups is 1. The van der Waals surface area contributed by atoms with Gasteiger partial charge in [-0.1, -0.05) is 25.3 Å². The molecular formula is C30H44N8S. The number of aromatic amines is 1. The van der Waals surface area contributed by atoms with Crippen LogP contribution in [0.2, 0.25) is 0 Å². The van der Waals surface area contributed by atoms with Crippen LogP contribution < -0.4 is 10.6 Å². The number of nitrogens with one attached hydrogen (secondary N) is 3. The van der Waals surface area contributed by atoms with E-state index < -0.39 is 0 Å². The van der Waals surface area contributed by atoms with E-state index >= 15 is 0 Å². The Morgan fingerprint density at radius 2 is 1.92 bits per heavy atom. The summed E-state index contributed by atoms with van der Waals surface area (Å²) in [7, 11) is 2.10. The number of likely N-dealkylation sites (N-methyl/N-ethyl adjacent to an activating group) is 1. The van der Waals surface area contributed by atoms with Gasteiger partial charge in [0, 0.05) is 65.8 Å². The zero-order chi connectivity index (χ0) is 27.6. The number of benzene rings is 1. The minimum absolute atomic E-state index is 0.0493. The summed E-state index contributed by atoms with van der Waals surface area (Å²) in [5, 5.41) is 15.4. The lowest BCUT2D eigenvalue weighted by Gasteiger charge is -2.44. The Morgan fingerprint density at radius 1 is 1.18 bits per heavy atom. The monoisotopic (exact) mass is 548 g/mol. The van der Waals surface area contributed by atoms with Gasteiger partial charge in [-0.15, -0.1) is 0 Å². The van der Waals surface area contributed by atoms with E-state index in [4.69, 9.17) is 4.99 Å². The Kier molecular flexibility index (Phi) is 8.28. The lowest BCUT2D eigenvalue weighted by atomic mass is 9.96. The number of hydrogen-bond acceptors (Lipinski definition) is 8. The third-order valence-corrected chi connectivity index (χ3v) is 9.31. The van der Waals surface area contributed by atoms with Crippen molar-refractivity contribution in [2.24, 2.45) is 4.99 Å². The predicted octanol–water partition coefficient (Wildman–Crippen LogP) is 6.07. The average molecular weight is 549 g/mol. The van der Waals surface area contributed by atoms with Gasteiger partial charge in [-0.05, 0) is 83.7 Å². The van der Waals surface area contributed by atoms with Crippen molar-refractivity contribution < 1.29 is 0 Å².